The fraction of sp³-hybridized carbons (Fsp3) is 0.385. The highest BCUT2D eigenvalue weighted by Crippen LogP contribution is 2.26. The van der Waals surface area contributed by atoms with E-state index >= 15 is 0 Å². The molecule has 1 atom stereocenters. The molecule has 0 spiro atoms. The lowest BCUT2D eigenvalue weighted by molar-refractivity contribution is 0.553. The van der Waals surface area contributed by atoms with E-state index in [0.29, 0.717) is 17.3 Å². The van der Waals surface area contributed by atoms with E-state index in [1.165, 1.54) is 0 Å². The van der Waals surface area contributed by atoms with Gasteiger partial charge in [0.2, 0.25) is 5.95 Å². The summed E-state index contributed by atoms with van der Waals surface area (Å²) in [5.41, 5.74) is 6.58. The molecule has 6 heteroatoms. The number of hydrogen-bond donors (Lipinski definition) is 1. The lowest BCUT2D eigenvalue weighted by Gasteiger charge is -2.23. The molecule has 5 nitrogen and oxygen atoms in total. The normalized spacial score (nSPS) is 19.1. The molecule has 3 heterocycles. The first-order valence-corrected chi connectivity index (χ1v) is 7.12. The van der Waals surface area contributed by atoms with E-state index in [-0.39, 0.29) is 0 Å². The molecule has 0 saturated carbocycles. The first-order chi connectivity index (χ1) is 9.28. The van der Waals surface area contributed by atoms with Gasteiger partial charge in [-0.2, -0.15) is 0 Å². The number of furan rings is 1. The number of aromatic nitrogens is 2. The van der Waals surface area contributed by atoms with Crippen molar-refractivity contribution in [3.8, 4) is 11.5 Å². The Hall–Kier alpha value is -1.40. The minimum Gasteiger partial charge on any atom is -0.448 e. The zero-order valence-corrected chi connectivity index (χ0v) is 12.0. The maximum absolute atomic E-state index is 5.79. The Labute approximate surface area is 120 Å². The van der Waals surface area contributed by atoms with Crippen LogP contribution in [0.4, 0.5) is 5.95 Å². The molecule has 1 fully saturated rings. The molecule has 3 rings (SSSR count). The number of hydrogen-bond acceptors (Lipinski definition) is 5. The van der Waals surface area contributed by atoms with E-state index in [0.717, 1.165) is 36.8 Å². The van der Waals surface area contributed by atoms with Gasteiger partial charge in [-0.3, -0.25) is 0 Å². The van der Waals surface area contributed by atoms with Crippen molar-refractivity contribution in [2.45, 2.75) is 18.9 Å². The molecule has 1 unspecified atom stereocenters. The summed E-state index contributed by atoms with van der Waals surface area (Å²) in [6, 6.07) is 5.94. The van der Waals surface area contributed by atoms with Crippen LogP contribution in [0.3, 0.4) is 0 Å². The Kier molecular flexibility index (Phi) is 3.52. The van der Waals surface area contributed by atoms with Gasteiger partial charge in [-0.15, -0.1) is 0 Å². The van der Waals surface area contributed by atoms with E-state index < -0.39 is 0 Å². The zero-order valence-electron chi connectivity index (χ0n) is 10.4. The second kappa shape index (κ2) is 5.30. The molecule has 2 N–H and O–H groups in total. The molecule has 19 heavy (non-hydrogen) atoms. The molecular formula is C13H15BrN4O. The standard InChI is InChI=1S/C13H15BrN4O/c14-12-4-3-11(19-12)10-5-6-16-13(17-10)18-7-1-2-9(18)8-15/h3-6,9H,1-2,7-8,15H2. The van der Waals surface area contributed by atoms with Crippen molar-refractivity contribution in [3.05, 3.63) is 29.1 Å². The third kappa shape index (κ3) is 2.50. The van der Waals surface area contributed by atoms with Crippen LogP contribution in [0.5, 0.6) is 0 Å². The average molecular weight is 323 g/mol. The van der Waals surface area contributed by atoms with Crippen LogP contribution in [0.25, 0.3) is 11.5 Å². The number of halogens is 1. The highest BCUT2D eigenvalue weighted by Gasteiger charge is 2.25. The van der Waals surface area contributed by atoms with Crippen LogP contribution >= 0.6 is 15.9 Å². The van der Waals surface area contributed by atoms with Crippen molar-refractivity contribution < 1.29 is 4.42 Å². The molecule has 2 aromatic heterocycles. The third-order valence-corrected chi connectivity index (χ3v) is 3.80. The van der Waals surface area contributed by atoms with Crippen LogP contribution in [0.1, 0.15) is 12.8 Å². The second-order valence-electron chi connectivity index (χ2n) is 4.57. The van der Waals surface area contributed by atoms with Gasteiger partial charge < -0.3 is 15.1 Å². The summed E-state index contributed by atoms with van der Waals surface area (Å²) >= 11 is 3.30. The van der Waals surface area contributed by atoms with Gasteiger partial charge in [0.1, 0.15) is 5.69 Å². The minimum atomic E-state index is 0.346. The number of rotatable bonds is 3. The zero-order chi connectivity index (χ0) is 13.2. The van der Waals surface area contributed by atoms with Crippen molar-refractivity contribution in [1.29, 1.82) is 0 Å². The highest BCUT2D eigenvalue weighted by molar-refractivity contribution is 9.10. The topological polar surface area (TPSA) is 68.2 Å². The monoisotopic (exact) mass is 322 g/mol. The summed E-state index contributed by atoms with van der Waals surface area (Å²) in [6.07, 6.45) is 4.01. The van der Waals surface area contributed by atoms with Crippen LogP contribution in [0.2, 0.25) is 0 Å². The smallest absolute Gasteiger partial charge is 0.226 e. The van der Waals surface area contributed by atoms with Gasteiger partial charge in [0.05, 0.1) is 0 Å². The Balaban J connectivity index is 1.91. The summed E-state index contributed by atoms with van der Waals surface area (Å²) < 4.78 is 6.22. The molecule has 0 aromatic carbocycles. The van der Waals surface area contributed by atoms with E-state index in [1.54, 1.807) is 6.20 Å². The Bertz CT molecular complexity index is 571. The number of nitrogens with zero attached hydrogens (tertiary/aromatic N) is 3. The molecule has 0 radical (unpaired) electrons. The van der Waals surface area contributed by atoms with E-state index in [2.05, 4.69) is 30.8 Å². The van der Waals surface area contributed by atoms with Gasteiger partial charge in [0.15, 0.2) is 10.4 Å². The van der Waals surface area contributed by atoms with Crippen molar-refractivity contribution in [2.24, 2.45) is 5.73 Å². The SMILES string of the molecule is NCC1CCCN1c1nccc(-c2ccc(Br)o2)n1. The molecule has 1 aliphatic heterocycles. The molecule has 1 saturated heterocycles. The summed E-state index contributed by atoms with van der Waals surface area (Å²) in [5.74, 6) is 1.47. The fourth-order valence-corrected chi connectivity index (χ4v) is 2.73. The average Bonchev–Trinajstić information content (AvgIpc) is 3.07. The molecule has 0 aliphatic carbocycles. The van der Waals surface area contributed by atoms with E-state index in [9.17, 15) is 0 Å². The van der Waals surface area contributed by atoms with Gasteiger partial charge in [0.25, 0.3) is 0 Å². The Morgan fingerprint density at radius 2 is 2.32 bits per heavy atom. The molecule has 100 valence electrons. The van der Waals surface area contributed by atoms with Crippen LogP contribution in [0, 0.1) is 0 Å². The van der Waals surface area contributed by atoms with Crippen molar-refractivity contribution >= 4 is 21.9 Å². The minimum absolute atomic E-state index is 0.346. The van der Waals surface area contributed by atoms with Gasteiger partial charge in [-0.1, -0.05) is 0 Å². The Morgan fingerprint density at radius 3 is 3.05 bits per heavy atom. The summed E-state index contributed by atoms with van der Waals surface area (Å²) in [4.78, 5) is 11.1. The highest BCUT2D eigenvalue weighted by atomic mass is 79.9. The van der Waals surface area contributed by atoms with Crippen molar-refractivity contribution in [3.63, 3.8) is 0 Å². The van der Waals surface area contributed by atoms with E-state index in [1.807, 2.05) is 18.2 Å². The van der Waals surface area contributed by atoms with Crippen molar-refractivity contribution in [1.82, 2.24) is 9.97 Å². The van der Waals surface area contributed by atoms with Crippen LogP contribution in [-0.2, 0) is 0 Å². The van der Waals surface area contributed by atoms with Gasteiger partial charge in [0, 0.05) is 25.3 Å². The quantitative estimate of drug-likeness (QED) is 0.939. The lowest BCUT2D eigenvalue weighted by Crippen LogP contribution is -2.36. The van der Waals surface area contributed by atoms with Crippen molar-refractivity contribution in [2.75, 3.05) is 18.0 Å². The fourth-order valence-electron chi connectivity index (χ4n) is 2.42. The summed E-state index contributed by atoms with van der Waals surface area (Å²) in [5, 5.41) is 0. The summed E-state index contributed by atoms with van der Waals surface area (Å²) in [7, 11) is 0. The predicted molar refractivity (Wildman–Crippen MR) is 76.9 cm³/mol. The molecule has 2 aromatic rings. The van der Waals surface area contributed by atoms with E-state index in [4.69, 9.17) is 10.2 Å². The Morgan fingerprint density at radius 1 is 1.42 bits per heavy atom. The lowest BCUT2D eigenvalue weighted by atomic mass is 10.2. The first-order valence-electron chi connectivity index (χ1n) is 6.33. The first kappa shape index (κ1) is 12.6. The van der Waals surface area contributed by atoms with Gasteiger partial charge >= 0.3 is 0 Å². The maximum atomic E-state index is 5.79. The molecule has 0 amide bonds. The number of anilines is 1. The summed E-state index contributed by atoms with van der Waals surface area (Å²) in [6.45, 7) is 1.60. The van der Waals surface area contributed by atoms with Gasteiger partial charge in [-0.05, 0) is 47.0 Å². The van der Waals surface area contributed by atoms with Crippen LogP contribution < -0.4 is 10.6 Å². The third-order valence-electron chi connectivity index (χ3n) is 3.37. The van der Waals surface area contributed by atoms with Crippen LogP contribution in [0.15, 0.2) is 33.5 Å². The largest absolute Gasteiger partial charge is 0.448 e. The molecule has 1 aliphatic rings. The van der Waals surface area contributed by atoms with Gasteiger partial charge in [-0.25, -0.2) is 9.97 Å². The van der Waals surface area contributed by atoms with Crippen LogP contribution in [-0.4, -0.2) is 29.1 Å². The molecule has 0 bridgehead atoms. The number of nitrogens with two attached hydrogens (primary N) is 1. The second-order valence-corrected chi connectivity index (χ2v) is 5.35. The molecular weight excluding hydrogens is 308 g/mol. The maximum Gasteiger partial charge on any atom is 0.226 e. The predicted octanol–water partition coefficient (Wildman–Crippen LogP) is 2.43.